The monoisotopic (exact) mass is 557 g/mol. The average molecular weight is 559 g/mol. The van der Waals surface area contributed by atoms with Crippen LogP contribution >= 0.6 is 39.7 Å². The van der Waals surface area contributed by atoms with E-state index in [2.05, 4.69) is 26.2 Å². The van der Waals surface area contributed by atoms with Crippen molar-refractivity contribution in [1.82, 2.24) is 10.3 Å². The fourth-order valence-electron chi connectivity index (χ4n) is 4.07. The lowest BCUT2D eigenvalue weighted by molar-refractivity contribution is 0.415. The van der Waals surface area contributed by atoms with Crippen molar-refractivity contribution in [3.05, 3.63) is 99.7 Å². The Kier molecular flexibility index (Phi) is 6.29. The van der Waals surface area contributed by atoms with Crippen LogP contribution in [0.1, 0.15) is 23.5 Å². The number of anilines is 1. The first-order valence-electron chi connectivity index (χ1n) is 10.4. The maximum absolute atomic E-state index is 13.6. The van der Waals surface area contributed by atoms with Crippen molar-refractivity contribution in [2.24, 2.45) is 0 Å². The largest absolute Gasteiger partial charge is 0.495 e. The molecular formula is C25H18BrClFN3O2S. The topological polar surface area (TPSA) is 50.5 Å². The summed E-state index contributed by atoms with van der Waals surface area (Å²) in [6, 6.07) is 18.9. The first-order chi connectivity index (χ1) is 16.5. The van der Waals surface area contributed by atoms with Crippen LogP contribution in [0.3, 0.4) is 0 Å². The van der Waals surface area contributed by atoms with Crippen LogP contribution < -0.4 is 15.0 Å². The van der Waals surface area contributed by atoms with E-state index in [0.717, 1.165) is 16.9 Å². The third kappa shape index (κ3) is 4.17. The van der Waals surface area contributed by atoms with E-state index >= 15 is 0 Å². The molecule has 0 aliphatic carbocycles. The zero-order valence-electron chi connectivity index (χ0n) is 17.8. The second kappa shape index (κ2) is 9.37. The molecular weight excluding hydrogens is 541 g/mol. The van der Waals surface area contributed by atoms with Gasteiger partial charge in [0.2, 0.25) is 0 Å². The van der Waals surface area contributed by atoms with Crippen molar-refractivity contribution in [2.75, 3.05) is 12.0 Å². The maximum atomic E-state index is 13.6. The number of nitrogens with one attached hydrogen (secondary N) is 1. The summed E-state index contributed by atoms with van der Waals surface area (Å²) < 4.78 is 25.8. The van der Waals surface area contributed by atoms with Gasteiger partial charge in [-0.1, -0.05) is 17.7 Å². The predicted molar refractivity (Wildman–Crippen MR) is 138 cm³/mol. The van der Waals surface area contributed by atoms with E-state index in [-0.39, 0.29) is 17.9 Å². The van der Waals surface area contributed by atoms with Gasteiger partial charge >= 0.3 is 0 Å². The van der Waals surface area contributed by atoms with E-state index in [9.17, 15) is 4.39 Å². The van der Waals surface area contributed by atoms with Gasteiger partial charge in [0.05, 0.1) is 23.9 Å². The lowest BCUT2D eigenvalue weighted by atomic mass is 10.0. The number of nitrogens with zero attached hydrogens (tertiary/aromatic N) is 2. The van der Waals surface area contributed by atoms with Gasteiger partial charge in [0.25, 0.3) is 0 Å². The first-order valence-corrected chi connectivity index (χ1v) is 11.9. The van der Waals surface area contributed by atoms with Crippen LogP contribution in [0, 0.1) is 5.82 Å². The van der Waals surface area contributed by atoms with Gasteiger partial charge in [-0.3, -0.25) is 4.98 Å². The summed E-state index contributed by atoms with van der Waals surface area (Å²) in [6.45, 7) is 0. The molecule has 1 N–H and O–H groups in total. The smallest absolute Gasteiger partial charge is 0.174 e. The molecule has 0 bridgehead atoms. The summed E-state index contributed by atoms with van der Waals surface area (Å²) in [6.07, 6.45) is 1.74. The zero-order chi connectivity index (χ0) is 23.8. The minimum atomic E-state index is -0.347. The van der Waals surface area contributed by atoms with Crippen molar-refractivity contribution in [1.29, 1.82) is 0 Å². The third-order valence-electron chi connectivity index (χ3n) is 5.63. The summed E-state index contributed by atoms with van der Waals surface area (Å²) in [5, 5.41) is 4.37. The average Bonchev–Trinajstić information content (AvgIpc) is 3.44. The lowest BCUT2D eigenvalue weighted by Crippen LogP contribution is -2.29. The van der Waals surface area contributed by atoms with Gasteiger partial charge in [0.15, 0.2) is 5.11 Å². The molecule has 34 heavy (non-hydrogen) atoms. The van der Waals surface area contributed by atoms with Crippen LogP contribution in [0.2, 0.25) is 5.02 Å². The Morgan fingerprint density at radius 2 is 2.00 bits per heavy atom. The highest BCUT2D eigenvalue weighted by molar-refractivity contribution is 9.10. The van der Waals surface area contributed by atoms with Gasteiger partial charge in [0.1, 0.15) is 29.1 Å². The Bertz CT molecular complexity index is 1370. The lowest BCUT2D eigenvalue weighted by Gasteiger charge is -2.26. The van der Waals surface area contributed by atoms with Gasteiger partial charge < -0.3 is 19.4 Å². The molecule has 172 valence electrons. The van der Waals surface area contributed by atoms with Crippen molar-refractivity contribution >= 4 is 50.5 Å². The molecule has 4 aromatic rings. The number of halogens is 3. The highest BCUT2D eigenvalue weighted by Gasteiger charge is 2.42. The Labute approximate surface area is 214 Å². The van der Waals surface area contributed by atoms with E-state index in [4.69, 9.17) is 33.0 Å². The van der Waals surface area contributed by atoms with Gasteiger partial charge in [-0.2, -0.15) is 0 Å². The van der Waals surface area contributed by atoms with Gasteiger partial charge in [0, 0.05) is 21.9 Å². The molecule has 1 aliphatic rings. The molecule has 0 saturated carbocycles. The predicted octanol–water partition coefficient (Wildman–Crippen LogP) is 7.08. The molecule has 5 nitrogen and oxygen atoms in total. The van der Waals surface area contributed by atoms with E-state index < -0.39 is 0 Å². The normalized spacial score (nSPS) is 17.6. The van der Waals surface area contributed by atoms with Crippen LogP contribution in [-0.2, 0) is 0 Å². The van der Waals surface area contributed by atoms with Gasteiger partial charge in [-0.15, -0.1) is 0 Å². The van der Waals surface area contributed by atoms with Crippen LogP contribution in [0.25, 0.3) is 11.3 Å². The van der Waals surface area contributed by atoms with Crippen molar-refractivity contribution in [3.63, 3.8) is 0 Å². The standard InChI is InChI=1S/C25H18BrClFN3O2S/c1-32-21-8-6-15(13-18(21)27)31-24(23(30-25(31)34)19-4-2-3-11-29-19)22-10-9-20(33-22)16-7-5-14(28)12-17(16)26/h2-13,23-24H,1H3,(H,30,34)/t23-,24+/m1/s1. The number of hydrogen-bond donors (Lipinski definition) is 1. The molecule has 0 amide bonds. The quantitative estimate of drug-likeness (QED) is 0.264. The van der Waals surface area contributed by atoms with Gasteiger partial charge in [-0.05, 0) is 88.8 Å². The summed E-state index contributed by atoms with van der Waals surface area (Å²) in [5.74, 6) is 1.52. The van der Waals surface area contributed by atoms with E-state index in [1.54, 1.807) is 25.4 Å². The molecule has 2 aromatic carbocycles. The van der Waals surface area contributed by atoms with Crippen LogP contribution in [0.5, 0.6) is 5.75 Å². The molecule has 0 unspecified atom stereocenters. The number of thiocarbonyl (C=S) groups is 1. The fourth-order valence-corrected chi connectivity index (χ4v) is 5.22. The molecule has 0 radical (unpaired) electrons. The van der Waals surface area contributed by atoms with Crippen molar-refractivity contribution in [3.8, 4) is 17.1 Å². The minimum Gasteiger partial charge on any atom is -0.495 e. The van der Waals surface area contributed by atoms with Gasteiger partial charge in [-0.25, -0.2) is 4.39 Å². The summed E-state index contributed by atoms with van der Waals surface area (Å²) >= 11 is 15.6. The number of furan rings is 1. The van der Waals surface area contributed by atoms with Crippen LogP contribution in [0.4, 0.5) is 10.1 Å². The van der Waals surface area contributed by atoms with E-state index in [1.165, 1.54) is 12.1 Å². The number of pyridine rings is 1. The second-order valence-corrected chi connectivity index (χ2v) is 9.29. The first kappa shape index (κ1) is 22.8. The molecule has 0 spiro atoms. The fraction of sp³-hybridized carbons (Fsp3) is 0.120. The molecule has 1 saturated heterocycles. The zero-order valence-corrected chi connectivity index (χ0v) is 21.0. The molecule has 1 aliphatic heterocycles. The number of aromatic nitrogens is 1. The van der Waals surface area contributed by atoms with E-state index in [0.29, 0.717) is 31.9 Å². The number of rotatable bonds is 5. The van der Waals surface area contributed by atoms with Crippen molar-refractivity contribution < 1.29 is 13.5 Å². The summed E-state index contributed by atoms with van der Waals surface area (Å²) in [5.41, 5.74) is 2.35. The minimum absolute atomic E-state index is 0.273. The second-order valence-electron chi connectivity index (χ2n) is 7.64. The molecule has 9 heteroatoms. The number of methoxy groups -OCH3 is 1. The third-order valence-corrected chi connectivity index (χ3v) is 6.89. The van der Waals surface area contributed by atoms with E-state index in [1.807, 2.05) is 47.4 Å². The molecule has 5 rings (SSSR count). The Hall–Kier alpha value is -2.94. The SMILES string of the molecule is COc1ccc(N2C(=S)N[C@H](c3ccccn3)[C@@H]2c2ccc(-c3ccc(F)cc3Br)o2)cc1Cl. The highest BCUT2D eigenvalue weighted by Crippen LogP contribution is 2.44. The maximum Gasteiger partial charge on any atom is 0.174 e. The summed E-state index contributed by atoms with van der Waals surface area (Å²) in [7, 11) is 1.57. The van der Waals surface area contributed by atoms with Crippen molar-refractivity contribution in [2.45, 2.75) is 12.1 Å². The number of hydrogen-bond acceptors (Lipinski definition) is 4. The van der Waals surface area contributed by atoms with Crippen LogP contribution in [-0.4, -0.2) is 17.2 Å². The molecule has 3 heterocycles. The highest BCUT2D eigenvalue weighted by atomic mass is 79.9. The van der Waals surface area contributed by atoms with Crippen LogP contribution in [0.15, 0.2) is 81.8 Å². The Morgan fingerprint density at radius 3 is 2.71 bits per heavy atom. The molecule has 1 fully saturated rings. The number of benzene rings is 2. The molecule has 2 aromatic heterocycles. The number of ether oxygens (including phenoxy) is 1. The molecule has 2 atom stereocenters. The Morgan fingerprint density at radius 1 is 1.15 bits per heavy atom. The Balaban J connectivity index is 1.61. The summed E-state index contributed by atoms with van der Waals surface area (Å²) in [4.78, 5) is 6.51.